The lowest BCUT2D eigenvalue weighted by atomic mass is 9.91. The van der Waals surface area contributed by atoms with Crippen LogP contribution in [0.3, 0.4) is 0 Å². The number of hydrogen-bond donors (Lipinski definition) is 3. The number of aryl methyl sites for hydroxylation is 1. The van der Waals surface area contributed by atoms with Crippen molar-refractivity contribution in [3.8, 4) is 0 Å². The minimum absolute atomic E-state index is 0.147. The minimum Gasteiger partial charge on any atom is -0.476 e. The second-order valence-corrected chi connectivity index (χ2v) is 6.06. The van der Waals surface area contributed by atoms with Gasteiger partial charge in [-0.1, -0.05) is 0 Å². The van der Waals surface area contributed by atoms with Crippen molar-refractivity contribution >= 4 is 11.9 Å². The van der Waals surface area contributed by atoms with E-state index in [-0.39, 0.29) is 23.4 Å². The smallest absolute Gasteiger partial charge is 0.356 e. The predicted molar refractivity (Wildman–Crippen MR) is 89.6 cm³/mol. The maximum atomic E-state index is 11.5. The summed E-state index contributed by atoms with van der Waals surface area (Å²) >= 11 is 0. The number of carboxylic acid groups (broad SMARTS) is 1. The van der Waals surface area contributed by atoms with Crippen LogP contribution in [0.15, 0.2) is 16.5 Å². The Morgan fingerprint density at radius 1 is 1.44 bits per heavy atom. The third-order valence-electron chi connectivity index (χ3n) is 4.53. The summed E-state index contributed by atoms with van der Waals surface area (Å²) in [7, 11) is 1.55. The molecule has 2 heterocycles. The number of nitrogens with one attached hydrogen (secondary N) is 2. The molecule has 3 rings (SSSR count). The molecular weight excluding hydrogens is 324 g/mol. The number of amides is 1. The zero-order valence-electron chi connectivity index (χ0n) is 14.3. The van der Waals surface area contributed by atoms with E-state index in [1.165, 1.54) is 0 Å². The summed E-state index contributed by atoms with van der Waals surface area (Å²) in [4.78, 5) is 22.9. The molecule has 1 aliphatic rings. The Morgan fingerprint density at radius 3 is 2.92 bits per heavy atom. The molecule has 0 fully saturated rings. The molecule has 25 heavy (non-hydrogen) atoms. The molecule has 8 nitrogen and oxygen atoms in total. The number of fused-ring (bicyclic) bond motifs is 1. The first-order valence-corrected chi connectivity index (χ1v) is 8.39. The number of furan rings is 1. The third-order valence-corrected chi connectivity index (χ3v) is 4.53. The lowest BCUT2D eigenvalue weighted by molar-refractivity contribution is 0.0688. The van der Waals surface area contributed by atoms with E-state index in [0.717, 1.165) is 24.1 Å². The molecule has 2 aromatic rings. The van der Waals surface area contributed by atoms with Gasteiger partial charge in [0.1, 0.15) is 5.76 Å². The number of carbonyl (C=O) groups is 2. The van der Waals surface area contributed by atoms with Crippen LogP contribution >= 0.6 is 0 Å². The van der Waals surface area contributed by atoms with Gasteiger partial charge in [-0.3, -0.25) is 9.48 Å². The molecule has 0 saturated carbocycles. The van der Waals surface area contributed by atoms with Gasteiger partial charge in [0.05, 0.1) is 6.54 Å². The Labute approximate surface area is 145 Å². The van der Waals surface area contributed by atoms with E-state index in [0.29, 0.717) is 25.3 Å². The van der Waals surface area contributed by atoms with E-state index < -0.39 is 5.97 Å². The number of rotatable bonds is 6. The molecule has 0 radical (unpaired) electrons. The molecule has 1 unspecified atom stereocenters. The van der Waals surface area contributed by atoms with Crippen molar-refractivity contribution in [3.05, 3.63) is 40.6 Å². The topological polar surface area (TPSA) is 109 Å². The highest BCUT2D eigenvalue weighted by molar-refractivity contribution is 5.91. The molecule has 0 aromatic carbocycles. The summed E-state index contributed by atoms with van der Waals surface area (Å²) in [5.41, 5.74) is 2.00. The summed E-state index contributed by atoms with van der Waals surface area (Å²) in [6.07, 6.45) is 2.32. The van der Waals surface area contributed by atoms with Gasteiger partial charge in [0.15, 0.2) is 11.5 Å². The normalized spacial score (nSPS) is 16.5. The second kappa shape index (κ2) is 7.10. The highest BCUT2D eigenvalue weighted by Gasteiger charge is 2.28. The predicted octanol–water partition coefficient (Wildman–Crippen LogP) is 1.20. The van der Waals surface area contributed by atoms with Gasteiger partial charge in [-0.2, -0.15) is 5.10 Å². The first-order valence-electron chi connectivity index (χ1n) is 8.39. The fourth-order valence-electron chi connectivity index (χ4n) is 3.26. The SMILES string of the molecule is CCn1nc(C(=O)O)c2c1CCC(NCc1ccc(C(=O)NC)o1)C2. The molecule has 8 heteroatoms. The lowest BCUT2D eigenvalue weighted by Gasteiger charge is -2.24. The van der Waals surface area contributed by atoms with Gasteiger partial charge in [-0.25, -0.2) is 4.79 Å². The van der Waals surface area contributed by atoms with Crippen LogP contribution in [0.25, 0.3) is 0 Å². The Balaban J connectivity index is 1.67. The number of carboxylic acids is 1. The maximum absolute atomic E-state index is 11.5. The zero-order valence-corrected chi connectivity index (χ0v) is 14.3. The number of nitrogens with zero attached hydrogens (tertiary/aromatic N) is 2. The molecule has 1 amide bonds. The van der Waals surface area contributed by atoms with Gasteiger partial charge in [0.2, 0.25) is 0 Å². The fraction of sp³-hybridized carbons (Fsp3) is 0.471. The van der Waals surface area contributed by atoms with E-state index in [4.69, 9.17) is 4.42 Å². The fourth-order valence-corrected chi connectivity index (χ4v) is 3.26. The van der Waals surface area contributed by atoms with Crippen LogP contribution in [0.4, 0.5) is 0 Å². The van der Waals surface area contributed by atoms with E-state index >= 15 is 0 Å². The van der Waals surface area contributed by atoms with Crippen LogP contribution in [-0.4, -0.2) is 39.9 Å². The van der Waals surface area contributed by atoms with Crippen molar-refractivity contribution in [2.75, 3.05) is 7.05 Å². The average molecular weight is 346 g/mol. The van der Waals surface area contributed by atoms with E-state index in [2.05, 4.69) is 15.7 Å². The van der Waals surface area contributed by atoms with Crippen LogP contribution < -0.4 is 10.6 Å². The minimum atomic E-state index is -0.981. The molecule has 3 N–H and O–H groups in total. The van der Waals surface area contributed by atoms with Crippen LogP contribution in [0.1, 0.15) is 51.4 Å². The number of aromatic carboxylic acids is 1. The standard InChI is InChI=1S/C17H22N4O4/c1-3-21-13-6-4-10(8-12(13)15(20-21)17(23)24)19-9-11-5-7-14(25-11)16(22)18-2/h5,7,10,19H,3-4,6,8-9H2,1-2H3,(H,18,22)(H,23,24). The number of hydrogen-bond acceptors (Lipinski definition) is 5. The van der Waals surface area contributed by atoms with Crippen LogP contribution in [0, 0.1) is 0 Å². The van der Waals surface area contributed by atoms with E-state index in [1.807, 2.05) is 6.92 Å². The largest absolute Gasteiger partial charge is 0.476 e. The van der Waals surface area contributed by atoms with Gasteiger partial charge in [0, 0.05) is 30.9 Å². The first-order chi connectivity index (χ1) is 12.0. The van der Waals surface area contributed by atoms with Crippen molar-refractivity contribution in [3.63, 3.8) is 0 Å². The Bertz CT molecular complexity index is 793. The van der Waals surface area contributed by atoms with Crippen molar-refractivity contribution < 1.29 is 19.1 Å². The van der Waals surface area contributed by atoms with Gasteiger partial charge >= 0.3 is 5.97 Å². The highest BCUT2D eigenvalue weighted by Crippen LogP contribution is 2.25. The van der Waals surface area contributed by atoms with Gasteiger partial charge in [-0.05, 0) is 38.3 Å². The summed E-state index contributed by atoms with van der Waals surface area (Å²) in [6.45, 7) is 3.12. The number of carbonyl (C=O) groups excluding carboxylic acids is 1. The molecule has 134 valence electrons. The molecule has 0 bridgehead atoms. The van der Waals surface area contributed by atoms with Crippen molar-refractivity contribution in [2.45, 2.75) is 45.3 Å². The molecule has 0 aliphatic heterocycles. The number of aromatic nitrogens is 2. The second-order valence-electron chi connectivity index (χ2n) is 6.06. The summed E-state index contributed by atoms with van der Waals surface area (Å²) in [5, 5.41) is 19.5. The van der Waals surface area contributed by atoms with Crippen LogP contribution in [0.2, 0.25) is 0 Å². The Morgan fingerprint density at radius 2 is 2.24 bits per heavy atom. The first kappa shape index (κ1) is 17.2. The maximum Gasteiger partial charge on any atom is 0.356 e. The lowest BCUT2D eigenvalue weighted by Crippen LogP contribution is -2.34. The third kappa shape index (κ3) is 3.43. The highest BCUT2D eigenvalue weighted by atomic mass is 16.4. The van der Waals surface area contributed by atoms with E-state index in [1.54, 1.807) is 23.9 Å². The Hall–Kier alpha value is -2.61. The molecule has 0 saturated heterocycles. The molecule has 1 aliphatic carbocycles. The zero-order chi connectivity index (χ0) is 18.0. The molecule has 0 spiro atoms. The van der Waals surface area contributed by atoms with E-state index in [9.17, 15) is 14.7 Å². The average Bonchev–Trinajstić information content (AvgIpc) is 3.23. The molecule has 1 atom stereocenters. The molecular formula is C17H22N4O4. The van der Waals surface area contributed by atoms with Gasteiger partial charge in [-0.15, -0.1) is 0 Å². The quantitative estimate of drug-likeness (QED) is 0.725. The molecule has 2 aromatic heterocycles. The van der Waals surface area contributed by atoms with Crippen LogP contribution in [0.5, 0.6) is 0 Å². The Kier molecular flexibility index (Phi) is 4.89. The monoisotopic (exact) mass is 346 g/mol. The summed E-state index contributed by atoms with van der Waals surface area (Å²) < 4.78 is 7.28. The van der Waals surface area contributed by atoms with Crippen molar-refractivity contribution in [1.29, 1.82) is 0 Å². The van der Waals surface area contributed by atoms with Gasteiger partial charge < -0.3 is 20.2 Å². The summed E-state index contributed by atoms with van der Waals surface area (Å²) in [6, 6.07) is 3.56. The van der Waals surface area contributed by atoms with Gasteiger partial charge in [0.25, 0.3) is 5.91 Å². The van der Waals surface area contributed by atoms with Crippen molar-refractivity contribution in [1.82, 2.24) is 20.4 Å². The van der Waals surface area contributed by atoms with Crippen LogP contribution in [-0.2, 0) is 25.9 Å². The summed E-state index contributed by atoms with van der Waals surface area (Å²) in [5.74, 6) is -0.285. The van der Waals surface area contributed by atoms with Crippen molar-refractivity contribution in [2.24, 2.45) is 0 Å².